The van der Waals surface area contributed by atoms with Crippen molar-refractivity contribution in [2.45, 2.75) is 6.54 Å². The van der Waals surface area contributed by atoms with Crippen LogP contribution in [0.2, 0.25) is 0 Å². The molecule has 0 aliphatic heterocycles. The van der Waals surface area contributed by atoms with Gasteiger partial charge in [0.1, 0.15) is 11.8 Å². The number of benzene rings is 1. The molecule has 0 saturated heterocycles. The summed E-state index contributed by atoms with van der Waals surface area (Å²) in [6.07, 6.45) is 0. The fraction of sp³-hybridized carbons (Fsp3) is 0.154. The molecular formula is C13H11N3O2S. The molecule has 1 heterocycles. The number of nitriles is 1. The number of hydrogen-bond donors (Lipinski definition) is 1. The molecule has 1 amide bonds. The molecule has 2 aromatic rings. The van der Waals surface area contributed by atoms with Gasteiger partial charge < -0.3 is 10.1 Å². The lowest BCUT2D eigenvalue weighted by Crippen LogP contribution is -2.28. The number of aromatic nitrogens is 1. The monoisotopic (exact) mass is 273 g/mol. The van der Waals surface area contributed by atoms with Crippen LogP contribution in [0, 0.1) is 11.3 Å². The lowest BCUT2D eigenvalue weighted by molar-refractivity contribution is -0.123. The van der Waals surface area contributed by atoms with Crippen LogP contribution >= 0.6 is 11.3 Å². The summed E-state index contributed by atoms with van der Waals surface area (Å²) in [5.74, 6) is 0.162. The fourth-order valence-corrected chi connectivity index (χ4v) is 1.95. The Kier molecular flexibility index (Phi) is 4.48. The van der Waals surface area contributed by atoms with Crippen molar-refractivity contribution in [2.24, 2.45) is 0 Å². The number of carbonyl (C=O) groups is 1. The number of nitrogens with one attached hydrogen (secondary N) is 1. The highest BCUT2D eigenvalue weighted by atomic mass is 32.1. The average Bonchev–Trinajstić information content (AvgIpc) is 2.96. The number of carbonyl (C=O) groups excluding carboxylic acids is 1. The molecule has 1 aromatic carbocycles. The zero-order valence-electron chi connectivity index (χ0n) is 10.00. The molecule has 0 radical (unpaired) electrons. The standard InChI is InChI=1S/C13H11N3O2S/c14-5-10-3-1-2-4-12(10)18-7-13(17)15-6-11-8-19-9-16-11/h1-4,8-9H,6-7H2,(H,15,17). The molecule has 0 spiro atoms. The molecule has 6 heteroatoms. The minimum Gasteiger partial charge on any atom is -0.482 e. The van der Waals surface area contributed by atoms with Gasteiger partial charge in [-0.25, -0.2) is 4.98 Å². The van der Waals surface area contributed by atoms with Gasteiger partial charge in [0.25, 0.3) is 5.91 Å². The zero-order valence-corrected chi connectivity index (χ0v) is 10.8. The molecule has 2 rings (SSSR count). The number of thiazole rings is 1. The molecule has 0 bridgehead atoms. The molecule has 0 saturated carbocycles. The lowest BCUT2D eigenvalue weighted by atomic mass is 10.2. The van der Waals surface area contributed by atoms with E-state index in [0.717, 1.165) is 5.69 Å². The summed E-state index contributed by atoms with van der Waals surface area (Å²) in [5, 5.41) is 13.4. The lowest BCUT2D eigenvalue weighted by Gasteiger charge is -2.07. The SMILES string of the molecule is N#Cc1ccccc1OCC(=O)NCc1cscn1. The van der Waals surface area contributed by atoms with Gasteiger partial charge in [0.2, 0.25) is 0 Å². The Hall–Kier alpha value is -2.39. The number of para-hydroxylation sites is 1. The second-order valence-corrected chi connectivity index (χ2v) is 4.37. The van der Waals surface area contributed by atoms with Crippen LogP contribution in [0.15, 0.2) is 35.2 Å². The van der Waals surface area contributed by atoms with Crippen molar-refractivity contribution in [3.05, 3.63) is 46.4 Å². The number of amides is 1. The Morgan fingerprint density at radius 3 is 3.05 bits per heavy atom. The predicted molar refractivity (Wildman–Crippen MR) is 70.6 cm³/mol. The quantitative estimate of drug-likeness (QED) is 0.899. The minimum absolute atomic E-state index is 0.122. The van der Waals surface area contributed by atoms with Crippen molar-refractivity contribution in [1.29, 1.82) is 5.26 Å². The van der Waals surface area contributed by atoms with Crippen LogP contribution < -0.4 is 10.1 Å². The molecule has 0 fully saturated rings. The van der Waals surface area contributed by atoms with Gasteiger partial charge in [-0.2, -0.15) is 5.26 Å². The van der Waals surface area contributed by atoms with E-state index in [1.165, 1.54) is 11.3 Å². The molecule has 0 atom stereocenters. The summed E-state index contributed by atoms with van der Waals surface area (Å²) in [6.45, 7) is 0.258. The highest BCUT2D eigenvalue weighted by Crippen LogP contribution is 2.16. The van der Waals surface area contributed by atoms with Gasteiger partial charge in [-0.3, -0.25) is 4.79 Å². The van der Waals surface area contributed by atoms with E-state index < -0.39 is 0 Å². The second kappa shape index (κ2) is 6.52. The number of nitrogens with zero attached hydrogens (tertiary/aromatic N) is 2. The molecule has 0 aliphatic rings. The first-order valence-corrected chi connectivity index (χ1v) is 6.49. The summed E-state index contributed by atoms with van der Waals surface area (Å²) in [6, 6.07) is 8.81. The number of rotatable bonds is 5. The summed E-state index contributed by atoms with van der Waals surface area (Å²) < 4.78 is 5.31. The highest BCUT2D eigenvalue weighted by Gasteiger charge is 2.06. The summed E-state index contributed by atoms with van der Waals surface area (Å²) in [7, 11) is 0. The van der Waals surface area contributed by atoms with Gasteiger partial charge in [0, 0.05) is 5.38 Å². The van der Waals surface area contributed by atoms with Gasteiger partial charge in [-0.1, -0.05) is 12.1 Å². The Morgan fingerprint density at radius 2 is 2.32 bits per heavy atom. The summed E-state index contributed by atoms with van der Waals surface area (Å²) in [4.78, 5) is 15.6. The molecule has 1 aromatic heterocycles. The normalized spacial score (nSPS) is 9.63. The van der Waals surface area contributed by atoms with E-state index in [1.807, 2.05) is 11.4 Å². The average molecular weight is 273 g/mol. The first-order valence-electron chi connectivity index (χ1n) is 5.55. The maximum Gasteiger partial charge on any atom is 0.258 e. The first kappa shape index (κ1) is 13.1. The maximum atomic E-state index is 11.6. The summed E-state index contributed by atoms with van der Waals surface area (Å²) >= 11 is 1.48. The third kappa shape index (κ3) is 3.79. The fourth-order valence-electron chi connectivity index (χ4n) is 1.39. The van der Waals surface area contributed by atoms with Crippen molar-refractivity contribution in [3.8, 4) is 11.8 Å². The van der Waals surface area contributed by atoms with Gasteiger partial charge in [0.15, 0.2) is 6.61 Å². The van der Waals surface area contributed by atoms with Gasteiger partial charge in [-0.05, 0) is 12.1 Å². The molecule has 96 valence electrons. The predicted octanol–water partition coefficient (Wildman–Crippen LogP) is 1.71. The Balaban J connectivity index is 1.82. The van der Waals surface area contributed by atoms with Gasteiger partial charge in [-0.15, -0.1) is 11.3 Å². The third-order valence-electron chi connectivity index (χ3n) is 2.32. The molecule has 5 nitrogen and oxygen atoms in total. The Labute approximate surface area is 114 Å². The van der Waals surface area contributed by atoms with Crippen molar-refractivity contribution < 1.29 is 9.53 Å². The molecular weight excluding hydrogens is 262 g/mol. The highest BCUT2D eigenvalue weighted by molar-refractivity contribution is 7.07. The van der Waals surface area contributed by atoms with E-state index in [4.69, 9.17) is 10.00 Å². The molecule has 19 heavy (non-hydrogen) atoms. The van der Waals surface area contributed by atoms with E-state index in [2.05, 4.69) is 10.3 Å². The Morgan fingerprint density at radius 1 is 1.47 bits per heavy atom. The maximum absolute atomic E-state index is 11.6. The number of hydrogen-bond acceptors (Lipinski definition) is 5. The van der Waals surface area contributed by atoms with Crippen LogP contribution in [0.25, 0.3) is 0 Å². The minimum atomic E-state index is -0.249. The van der Waals surface area contributed by atoms with Crippen molar-refractivity contribution >= 4 is 17.2 Å². The van der Waals surface area contributed by atoms with Crippen molar-refractivity contribution in [3.63, 3.8) is 0 Å². The molecule has 0 aliphatic carbocycles. The topological polar surface area (TPSA) is 75.0 Å². The van der Waals surface area contributed by atoms with E-state index in [0.29, 0.717) is 17.9 Å². The largest absolute Gasteiger partial charge is 0.482 e. The first-order chi connectivity index (χ1) is 9.29. The van der Waals surface area contributed by atoms with Crippen LogP contribution in [-0.4, -0.2) is 17.5 Å². The zero-order chi connectivity index (χ0) is 13.5. The van der Waals surface area contributed by atoms with Crippen LogP contribution in [-0.2, 0) is 11.3 Å². The summed E-state index contributed by atoms with van der Waals surface area (Å²) in [5.41, 5.74) is 2.94. The second-order valence-electron chi connectivity index (χ2n) is 3.65. The van der Waals surface area contributed by atoms with E-state index in [9.17, 15) is 4.79 Å². The van der Waals surface area contributed by atoms with Crippen LogP contribution in [0.3, 0.4) is 0 Å². The van der Waals surface area contributed by atoms with E-state index in [1.54, 1.807) is 29.8 Å². The van der Waals surface area contributed by atoms with Gasteiger partial charge in [0.05, 0.1) is 23.3 Å². The smallest absolute Gasteiger partial charge is 0.258 e. The van der Waals surface area contributed by atoms with Crippen molar-refractivity contribution in [1.82, 2.24) is 10.3 Å². The number of ether oxygens (including phenoxy) is 1. The van der Waals surface area contributed by atoms with E-state index >= 15 is 0 Å². The van der Waals surface area contributed by atoms with Crippen LogP contribution in [0.4, 0.5) is 0 Å². The molecule has 0 unspecified atom stereocenters. The Bertz CT molecular complexity index is 590. The van der Waals surface area contributed by atoms with Crippen LogP contribution in [0.5, 0.6) is 5.75 Å². The van der Waals surface area contributed by atoms with Gasteiger partial charge >= 0.3 is 0 Å². The molecule has 1 N–H and O–H groups in total. The van der Waals surface area contributed by atoms with Crippen LogP contribution in [0.1, 0.15) is 11.3 Å². The third-order valence-corrected chi connectivity index (χ3v) is 2.95. The van der Waals surface area contributed by atoms with Crippen molar-refractivity contribution in [2.75, 3.05) is 6.61 Å². The van der Waals surface area contributed by atoms with E-state index in [-0.39, 0.29) is 12.5 Å².